The summed E-state index contributed by atoms with van der Waals surface area (Å²) in [6, 6.07) is 5.35. The van der Waals surface area contributed by atoms with E-state index in [9.17, 15) is 4.79 Å². The number of H-pyrrole nitrogens is 1. The second kappa shape index (κ2) is 4.83. The highest BCUT2D eigenvalue weighted by molar-refractivity contribution is 6.35. The molecule has 0 saturated heterocycles. The van der Waals surface area contributed by atoms with Crippen LogP contribution in [-0.2, 0) is 4.79 Å². The number of anilines is 1. The molecule has 7 heteroatoms. The fourth-order valence-electron chi connectivity index (χ4n) is 2.11. The lowest BCUT2D eigenvalue weighted by molar-refractivity contribution is -0.117. The summed E-state index contributed by atoms with van der Waals surface area (Å²) in [7, 11) is 0. The molecule has 5 nitrogen and oxygen atoms in total. The fraction of sp³-hybridized carbons (Fsp3) is 0.250. The van der Waals surface area contributed by atoms with Gasteiger partial charge in [-0.1, -0.05) is 29.3 Å². The zero-order chi connectivity index (χ0) is 13.4. The van der Waals surface area contributed by atoms with E-state index in [4.69, 9.17) is 23.2 Å². The summed E-state index contributed by atoms with van der Waals surface area (Å²) >= 11 is 12.0. The molecule has 1 heterocycles. The minimum absolute atomic E-state index is 0.0761. The van der Waals surface area contributed by atoms with Gasteiger partial charge in [0, 0.05) is 16.0 Å². The topological polar surface area (TPSA) is 70.7 Å². The Hall–Kier alpha value is -1.59. The van der Waals surface area contributed by atoms with Crippen molar-refractivity contribution in [2.75, 3.05) is 5.32 Å². The van der Waals surface area contributed by atoms with E-state index in [1.54, 1.807) is 12.1 Å². The van der Waals surface area contributed by atoms with E-state index in [0.717, 1.165) is 12.0 Å². The highest BCUT2D eigenvalue weighted by atomic mass is 35.5. The number of benzene rings is 1. The van der Waals surface area contributed by atoms with E-state index in [2.05, 4.69) is 20.5 Å². The summed E-state index contributed by atoms with van der Waals surface area (Å²) in [6.07, 6.45) is 2.12. The van der Waals surface area contributed by atoms with Crippen LogP contribution in [0.15, 0.2) is 24.5 Å². The Bertz CT molecular complexity index is 614. The third-order valence-corrected chi connectivity index (χ3v) is 3.71. The summed E-state index contributed by atoms with van der Waals surface area (Å²) in [6.45, 7) is 0. The normalized spacial score (nSPS) is 21.2. The van der Waals surface area contributed by atoms with Crippen molar-refractivity contribution in [2.24, 2.45) is 5.92 Å². The lowest BCUT2D eigenvalue weighted by atomic mass is 10.1. The molecule has 2 aromatic rings. The van der Waals surface area contributed by atoms with Crippen molar-refractivity contribution >= 4 is 35.1 Å². The van der Waals surface area contributed by atoms with Crippen LogP contribution in [0.1, 0.15) is 17.9 Å². The first kappa shape index (κ1) is 12.4. The number of carbonyl (C=O) groups is 1. The van der Waals surface area contributed by atoms with Crippen molar-refractivity contribution < 1.29 is 4.79 Å². The van der Waals surface area contributed by atoms with E-state index in [1.807, 2.05) is 6.07 Å². The van der Waals surface area contributed by atoms with Gasteiger partial charge >= 0.3 is 0 Å². The molecule has 1 aromatic carbocycles. The number of aromatic amines is 1. The lowest BCUT2D eigenvalue weighted by Gasteiger charge is -2.04. The maximum atomic E-state index is 12.0. The van der Waals surface area contributed by atoms with Crippen molar-refractivity contribution in [3.8, 4) is 0 Å². The summed E-state index contributed by atoms with van der Waals surface area (Å²) in [5.74, 6) is 0.349. The molecule has 2 atom stereocenters. The number of halogens is 2. The number of amides is 1. The second-order valence-electron chi connectivity index (χ2n) is 4.44. The molecule has 1 amide bonds. The smallest absolute Gasteiger partial charge is 0.230 e. The van der Waals surface area contributed by atoms with Crippen molar-refractivity contribution in [2.45, 2.75) is 12.3 Å². The molecule has 1 saturated carbocycles. The van der Waals surface area contributed by atoms with Crippen molar-refractivity contribution in [3.05, 3.63) is 40.1 Å². The molecule has 2 N–H and O–H groups in total. The average Bonchev–Trinajstić information content (AvgIpc) is 2.99. The molecule has 1 aliphatic carbocycles. The van der Waals surface area contributed by atoms with Gasteiger partial charge in [-0.25, -0.2) is 5.10 Å². The second-order valence-corrected chi connectivity index (χ2v) is 5.28. The summed E-state index contributed by atoms with van der Waals surface area (Å²) < 4.78 is 0. The molecule has 0 spiro atoms. The Labute approximate surface area is 119 Å². The fourth-order valence-corrected chi connectivity index (χ4v) is 2.65. The molecular weight excluding hydrogens is 287 g/mol. The van der Waals surface area contributed by atoms with Crippen LogP contribution in [0, 0.1) is 5.92 Å². The number of hydrogen-bond donors (Lipinski definition) is 2. The van der Waals surface area contributed by atoms with E-state index in [0.29, 0.717) is 16.0 Å². The minimum atomic E-state index is -0.0798. The van der Waals surface area contributed by atoms with E-state index >= 15 is 0 Å². The Kier molecular flexibility index (Phi) is 3.16. The minimum Gasteiger partial charge on any atom is -0.295 e. The predicted octanol–water partition coefficient (Wildman–Crippen LogP) is 2.85. The lowest BCUT2D eigenvalue weighted by Crippen LogP contribution is -2.15. The summed E-state index contributed by atoms with van der Waals surface area (Å²) in [5, 5.41) is 10.1. The molecule has 1 fully saturated rings. The zero-order valence-corrected chi connectivity index (χ0v) is 11.2. The molecular formula is C12H10Cl2N4O. The number of hydrogen-bond acceptors (Lipinski definition) is 3. The quantitative estimate of drug-likeness (QED) is 0.915. The summed E-state index contributed by atoms with van der Waals surface area (Å²) in [4.78, 5) is 15.8. The van der Waals surface area contributed by atoms with E-state index in [-0.39, 0.29) is 17.7 Å². The van der Waals surface area contributed by atoms with Crippen molar-refractivity contribution in [1.29, 1.82) is 0 Å². The Morgan fingerprint density at radius 1 is 1.42 bits per heavy atom. The molecule has 1 aromatic heterocycles. The van der Waals surface area contributed by atoms with Crippen LogP contribution in [0.3, 0.4) is 0 Å². The molecule has 0 aliphatic heterocycles. The average molecular weight is 297 g/mol. The highest BCUT2D eigenvalue weighted by Crippen LogP contribution is 2.50. The molecule has 3 rings (SSSR count). The Morgan fingerprint density at radius 3 is 2.95 bits per heavy atom. The van der Waals surface area contributed by atoms with Crippen LogP contribution < -0.4 is 5.32 Å². The zero-order valence-electron chi connectivity index (χ0n) is 9.73. The molecule has 1 aliphatic rings. The van der Waals surface area contributed by atoms with Gasteiger partial charge in [-0.05, 0) is 30.0 Å². The monoisotopic (exact) mass is 296 g/mol. The largest absolute Gasteiger partial charge is 0.295 e. The number of nitrogens with zero attached hydrogens (tertiary/aromatic N) is 2. The van der Waals surface area contributed by atoms with Gasteiger partial charge in [0.2, 0.25) is 11.9 Å². The highest BCUT2D eigenvalue weighted by Gasteiger charge is 2.45. The third-order valence-electron chi connectivity index (χ3n) is 3.15. The molecule has 98 valence electrons. The maximum Gasteiger partial charge on any atom is 0.230 e. The van der Waals surface area contributed by atoms with Crippen LogP contribution in [0.2, 0.25) is 10.0 Å². The molecule has 0 unspecified atom stereocenters. The van der Waals surface area contributed by atoms with E-state index < -0.39 is 0 Å². The Morgan fingerprint density at radius 2 is 2.26 bits per heavy atom. The predicted molar refractivity (Wildman–Crippen MR) is 72.3 cm³/mol. The maximum absolute atomic E-state index is 12.0. The number of rotatable bonds is 3. The summed E-state index contributed by atoms with van der Waals surface area (Å²) in [5.41, 5.74) is 0.962. The van der Waals surface area contributed by atoms with Crippen LogP contribution in [0.4, 0.5) is 5.95 Å². The first-order valence-electron chi connectivity index (χ1n) is 5.76. The van der Waals surface area contributed by atoms with Crippen LogP contribution in [0.5, 0.6) is 0 Å². The van der Waals surface area contributed by atoms with Gasteiger partial charge in [-0.2, -0.15) is 10.1 Å². The van der Waals surface area contributed by atoms with Crippen molar-refractivity contribution in [1.82, 2.24) is 15.2 Å². The Balaban J connectivity index is 1.69. The number of aromatic nitrogens is 3. The van der Waals surface area contributed by atoms with Crippen LogP contribution in [-0.4, -0.2) is 21.1 Å². The van der Waals surface area contributed by atoms with Gasteiger partial charge in [0.05, 0.1) is 0 Å². The van der Waals surface area contributed by atoms with Gasteiger partial charge < -0.3 is 0 Å². The van der Waals surface area contributed by atoms with Crippen LogP contribution in [0.25, 0.3) is 0 Å². The van der Waals surface area contributed by atoms with Crippen LogP contribution >= 0.6 is 23.2 Å². The van der Waals surface area contributed by atoms with Gasteiger partial charge in [0.15, 0.2) is 0 Å². The van der Waals surface area contributed by atoms with Crippen molar-refractivity contribution in [3.63, 3.8) is 0 Å². The van der Waals surface area contributed by atoms with Gasteiger partial charge in [0.1, 0.15) is 6.33 Å². The third kappa shape index (κ3) is 2.57. The molecule has 0 bridgehead atoms. The SMILES string of the molecule is O=C(Nc1ncn[nH]1)[C@@H]1C[C@@H]1c1ccc(Cl)cc1Cl. The number of carbonyl (C=O) groups excluding carboxylic acids is 1. The first-order valence-corrected chi connectivity index (χ1v) is 6.52. The van der Waals surface area contributed by atoms with E-state index in [1.165, 1.54) is 6.33 Å². The standard InChI is InChI=1S/C12H10Cl2N4O/c13-6-1-2-7(10(14)3-6)8-4-9(8)11(19)17-12-15-5-16-18-12/h1-3,5,8-9H,4H2,(H2,15,16,17,18,19)/t8-,9-/m1/s1. The van der Waals surface area contributed by atoms with Gasteiger partial charge in [0.25, 0.3) is 0 Å². The molecule has 19 heavy (non-hydrogen) atoms. The molecule has 0 radical (unpaired) electrons. The number of nitrogens with one attached hydrogen (secondary N) is 2. The van der Waals surface area contributed by atoms with Gasteiger partial charge in [-0.15, -0.1) is 0 Å². The van der Waals surface area contributed by atoms with Gasteiger partial charge in [-0.3, -0.25) is 10.1 Å². The first-order chi connectivity index (χ1) is 9.15.